The molecule has 1 fully saturated rings. The van der Waals surface area contributed by atoms with Crippen LogP contribution in [0.2, 0.25) is 0 Å². The third-order valence-corrected chi connectivity index (χ3v) is 4.78. The number of benzene rings is 2. The number of alkyl halides is 3. The highest BCUT2D eigenvalue weighted by Crippen LogP contribution is 2.36. The summed E-state index contributed by atoms with van der Waals surface area (Å²) in [6, 6.07) is 10.8. The van der Waals surface area contributed by atoms with Crippen LogP contribution >= 0.6 is 0 Å². The van der Waals surface area contributed by atoms with Crippen LogP contribution in [0.5, 0.6) is 0 Å². The zero-order chi connectivity index (χ0) is 19.9. The predicted octanol–water partition coefficient (Wildman–Crippen LogP) is 4.48. The summed E-state index contributed by atoms with van der Waals surface area (Å²) in [4.78, 5) is 13.0. The van der Waals surface area contributed by atoms with E-state index in [1.54, 1.807) is 18.2 Å². The van der Waals surface area contributed by atoms with E-state index in [-0.39, 0.29) is 29.5 Å². The molecule has 1 atom stereocenters. The molecular weight excluding hydrogens is 374 g/mol. The minimum atomic E-state index is -4.52. The molecular formula is C21H17F4NO2. The normalized spacial score (nSPS) is 19.7. The van der Waals surface area contributed by atoms with Crippen LogP contribution in [0.3, 0.4) is 0 Å². The third kappa shape index (κ3) is 3.74. The van der Waals surface area contributed by atoms with Gasteiger partial charge in [0.15, 0.2) is 12.0 Å². The van der Waals surface area contributed by atoms with E-state index in [4.69, 9.17) is 4.74 Å². The molecule has 7 heteroatoms. The number of carbonyl (C=O) groups excluding carboxylic acids is 1. The van der Waals surface area contributed by atoms with Gasteiger partial charge in [0.05, 0.1) is 11.1 Å². The largest absolute Gasteiger partial charge is 0.467 e. The fourth-order valence-electron chi connectivity index (χ4n) is 3.17. The summed E-state index contributed by atoms with van der Waals surface area (Å²) in [5.74, 6) is -0.734. The van der Waals surface area contributed by atoms with Gasteiger partial charge in [-0.3, -0.25) is 4.79 Å². The van der Waals surface area contributed by atoms with Crippen molar-refractivity contribution in [1.82, 2.24) is 5.32 Å². The van der Waals surface area contributed by atoms with Crippen molar-refractivity contribution in [1.29, 1.82) is 0 Å². The van der Waals surface area contributed by atoms with Gasteiger partial charge in [0.25, 0.3) is 0 Å². The fraction of sp³-hybridized carbons (Fsp3) is 0.286. The molecule has 0 saturated heterocycles. The average Bonchev–Trinajstić information content (AvgIpc) is 3.41. The first-order valence-corrected chi connectivity index (χ1v) is 8.95. The van der Waals surface area contributed by atoms with Crippen molar-refractivity contribution in [3.05, 3.63) is 76.9 Å². The summed E-state index contributed by atoms with van der Waals surface area (Å²) in [7, 11) is 0. The maximum atomic E-state index is 14.0. The van der Waals surface area contributed by atoms with Gasteiger partial charge in [0, 0.05) is 12.5 Å². The van der Waals surface area contributed by atoms with Crippen molar-refractivity contribution in [3.8, 4) is 0 Å². The average molecular weight is 391 g/mol. The SMILES string of the molecule is O=C1C(c2cccc(C(F)(F)F)c2)=C(NC2CC2)OC1Cc1ccccc1F. The second-order valence-electron chi connectivity index (χ2n) is 6.97. The number of halogens is 4. The Hall–Kier alpha value is -2.83. The fourth-order valence-corrected chi connectivity index (χ4v) is 3.17. The van der Waals surface area contributed by atoms with Gasteiger partial charge in [-0.1, -0.05) is 30.3 Å². The molecule has 28 heavy (non-hydrogen) atoms. The number of nitrogens with one attached hydrogen (secondary N) is 1. The van der Waals surface area contributed by atoms with Crippen molar-refractivity contribution >= 4 is 11.4 Å². The van der Waals surface area contributed by atoms with Crippen LogP contribution in [-0.4, -0.2) is 17.9 Å². The lowest BCUT2D eigenvalue weighted by atomic mass is 9.96. The van der Waals surface area contributed by atoms with Crippen LogP contribution in [0.25, 0.3) is 5.57 Å². The summed E-state index contributed by atoms with van der Waals surface area (Å²) in [5.41, 5.74) is -0.302. The van der Waals surface area contributed by atoms with Crippen LogP contribution in [0, 0.1) is 5.82 Å². The van der Waals surface area contributed by atoms with Gasteiger partial charge in [-0.25, -0.2) is 4.39 Å². The number of ketones is 1. The number of Topliss-reactive ketones (excluding diaryl/α,β-unsaturated/α-hetero) is 1. The van der Waals surface area contributed by atoms with Crippen molar-refractivity contribution in [2.24, 2.45) is 0 Å². The molecule has 0 amide bonds. The summed E-state index contributed by atoms with van der Waals surface area (Å²) in [6.07, 6.45) is -3.70. The van der Waals surface area contributed by atoms with Crippen LogP contribution in [0.15, 0.2) is 54.4 Å². The third-order valence-electron chi connectivity index (χ3n) is 4.78. The minimum absolute atomic E-state index is 0.00378. The highest BCUT2D eigenvalue weighted by Gasteiger charge is 2.39. The zero-order valence-corrected chi connectivity index (χ0v) is 14.7. The Morgan fingerprint density at radius 1 is 1.07 bits per heavy atom. The van der Waals surface area contributed by atoms with E-state index in [1.807, 2.05) is 0 Å². The first kappa shape index (κ1) is 18.5. The Kier molecular flexibility index (Phi) is 4.61. The van der Waals surface area contributed by atoms with Gasteiger partial charge in [-0.05, 0) is 42.2 Å². The standard InChI is InChI=1S/C21H17F4NO2/c22-16-7-2-1-4-12(16)11-17-19(27)18(20(28-17)26-15-8-9-15)13-5-3-6-14(10-13)21(23,24)25/h1-7,10,15,17,26H,8-9,11H2. The minimum Gasteiger partial charge on any atom is -0.467 e. The maximum Gasteiger partial charge on any atom is 0.416 e. The van der Waals surface area contributed by atoms with Crippen LogP contribution in [-0.2, 0) is 22.1 Å². The molecule has 1 aliphatic heterocycles. The van der Waals surface area contributed by atoms with Crippen molar-refractivity contribution in [2.75, 3.05) is 0 Å². The molecule has 1 N–H and O–H groups in total. The Morgan fingerprint density at radius 2 is 1.82 bits per heavy atom. The predicted molar refractivity (Wildman–Crippen MR) is 94.5 cm³/mol. The van der Waals surface area contributed by atoms with E-state index < -0.39 is 29.4 Å². The Labute approximate surface area is 159 Å². The molecule has 0 bridgehead atoms. The Bertz CT molecular complexity index is 947. The van der Waals surface area contributed by atoms with Crippen molar-refractivity contribution < 1.29 is 27.1 Å². The molecule has 2 aromatic rings. The molecule has 4 rings (SSSR count). The molecule has 1 unspecified atom stereocenters. The molecule has 2 aliphatic rings. The van der Waals surface area contributed by atoms with Crippen LogP contribution in [0.4, 0.5) is 17.6 Å². The van der Waals surface area contributed by atoms with E-state index in [9.17, 15) is 22.4 Å². The van der Waals surface area contributed by atoms with Crippen LogP contribution in [0.1, 0.15) is 29.5 Å². The second-order valence-corrected chi connectivity index (χ2v) is 6.97. The number of ether oxygens (including phenoxy) is 1. The molecule has 146 valence electrons. The molecule has 0 radical (unpaired) electrons. The van der Waals surface area contributed by atoms with Crippen LogP contribution < -0.4 is 5.32 Å². The van der Waals surface area contributed by atoms with Gasteiger partial charge < -0.3 is 10.1 Å². The van der Waals surface area contributed by atoms with Gasteiger partial charge in [0.1, 0.15) is 5.82 Å². The zero-order valence-electron chi connectivity index (χ0n) is 14.7. The molecule has 1 saturated carbocycles. The number of rotatable bonds is 5. The molecule has 1 heterocycles. The molecule has 1 aliphatic carbocycles. The first-order chi connectivity index (χ1) is 13.3. The Morgan fingerprint density at radius 3 is 2.50 bits per heavy atom. The van der Waals surface area contributed by atoms with Crippen molar-refractivity contribution in [3.63, 3.8) is 0 Å². The number of hydrogen-bond acceptors (Lipinski definition) is 3. The van der Waals surface area contributed by atoms with Crippen molar-refractivity contribution in [2.45, 2.75) is 37.6 Å². The monoisotopic (exact) mass is 391 g/mol. The topological polar surface area (TPSA) is 38.3 Å². The van der Waals surface area contributed by atoms with E-state index in [0.29, 0.717) is 5.56 Å². The first-order valence-electron chi connectivity index (χ1n) is 8.95. The quantitative estimate of drug-likeness (QED) is 0.764. The number of hydrogen-bond donors (Lipinski definition) is 1. The summed E-state index contributed by atoms with van der Waals surface area (Å²) < 4.78 is 59.0. The molecule has 3 nitrogen and oxygen atoms in total. The molecule has 0 spiro atoms. The lowest BCUT2D eigenvalue weighted by Crippen LogP contribution is -2.23. The lowest BCUT2D eigenvalue weighted by Gasteiger charge is -2.13. The highest BCUT2D eigenvalue weighted by molar-refractivity contribution is 6.25. The second kappa shape index (κ2) is 6.96. The van der Waals surface area contributed by atoms with Gasteiger partial charge >= 0.3 is 6.18 Å². The van der Waals surface area contributed by atoms with Gasteiger partial charge in [-0.15, -0.1) is 0 Å². The van der Waals surface area contributed by atoms with E-state index in [1.165, 1.54) is 18.2 Å². The highest BCUT2D eigenvalue weighted by atomic mass is 19.4. The molecule has 2 aromatic carbocycles. The summed E-state index contributed by atoms with van der Waals surface area (Å²) >= 11 is 0. The van der Waals surface area contributed by atoms with E-state index in [2.05, 4.69) is 5.32 Å². The van der Waals surface area contributed by atoms with E-state index in [0.717, 1.165) is 25.0 Å². The number of carbonyl (C=O) groups is 1. The van der Waals surface area contributed by atoms with Gasteiger partial charge in [-0.2, -0.15) is 13.2 Å². The summed E-state index contributed by atoms with van der Waals surface area (Å²) in [5, 5.41) is 3.08. The van der Waals surface area contributed by atoms with Gasteiger partial charge in [0.2, 0.25) is 5.78 Å². The smallest absolute Gasteiger partial charge is 0.416 e. The maximum absolute atomic E-state index is 14.0. The van der Waals surface area contributed by atoms with E-state index >= 15 is 0 Å². The Balaban J connectivity index is 1.67. The molecule has 0 aromatic heterocycles. The lowest BCUT2D eigenvalue weighted by molar-refractivity contribution is -0.137. The summed E-state index contributed by atoms with van der Waals surface area (Å²) in [6.45, 7) is 0.